The molecule has 1 aliphatic heterocycles. The van der Waals surface area contributed by atoms with Crippen LogP contribution in [0.1, 0.15) is 19.4 Å². The molecule has 0 unspecified atom stereocenters. The zero-order chi connectivity index (χ0) is 17.9. The van der Waals surface area contributed by atoms with Crippen LogP contribution in [0.5, 0.6) is 11.5 Å². The summed E-state index contributed by atoms with van der Waals surface area (Å²) < 4.78 is 11.8. The SMILES string of the molecule is CCOc1cc(OCC)c(C=C2C(=O)NC(=S)N(C)C2=O)cc1Br. The quantitative estimate of drug-likeness (QED) is 0.457. The lowest BCUT2D eigenvalue weighted by atomic mass is 10.1. The zero-order valence-corrected chi connectivity index (χ0v) is 15.9. The third kappa shape index (κ3) is 3.76. The van der Waals surface area contributed by atoms with Crippen LogP contribution in [0.3, 0.4) is 0 Å². The molecule has 0 bridgehead atoms. The van der Waals surface area contributed by atoms with Crippen molar-refractivity contribution in [3.63, 3.8) is 0 Å². The molecule has 0 spiro atoms. The van der Waals surface area contributed by atoms with E-state index in [1.165, 1.54) is 18.0 Å². The summed E-state index contributed by atoms with van der Waals surface area (Å²) in [6.07, 6.45) is 1.49. The summed E-state index contributed by atoms with van der Waals surface area (Å²) in [5, 5.41) is 2.56. The van der Waals surface area contributed by atoms with Crippen LogP contribution in [-0.2, 0) is 9.59 Å². The number of benzene rings is 1. The maximum Gasteiger partial charge on any atom is 0.265 e. The average molecular weight is 413 g/mol. The summed E-state index contributed by atoms with van der Waals surface area (Å²) in [4.78, 5) is 25.6. The molecule has 24 heavy (non-hydrogen) atoms. The van der Waals surface area contributed by atoms with Gasteiger partial charge in [-0.05, 0) is 54.1 Å². The monoisotopic (exact) mass is 412 g/mol. The normalized spacial score (nSPS) is 16.4. The standard InChI is InChI=1S/C16H17BrN2O4S/c1-4-22-12-8-13(23-5-2)11(17)7-9(12)6-10-14(20)18-16(24)19(3)15(10)21/h6-8H,4-5H2,1-3H3,(H,18,20,24). The lowest BCUT2D eigenvalue weighted by Gasteiger charge is -2.25. The minimum atomic E-state index is -0.532. The molecule has 1 fully saturated rings. The van der Waals surface area contributed by atoms with Crippen molar-refractivity contribution in [2.24, 2.45) is 0 Å². The molecular weight excluding hydrogens is 396 g/mol. The van der Waals surface area contributed by atoms with Gasteiger partial charge in [-0.2, -0.15) is 0 Å². The Morgan fingerprint density at radius 2 is 1.83 bits per heavy atom. The van der Waals surface area contributed by atoms with Crippen LogP contribution in [0.2, 0.25) is 0 Å². The summed E-state index contributed by atoms with van der Waals surface area (Å²) in [7, 11) is 1.51. The first-order valence-corrected chi connectivity index (χ1v) is 8.53. The first-order valence-electron chi connectivity index (χ1n) is 7.33. The van der Waals surface area contributed by atoms with E-state index in [-0.39, 0.29) is 10.7 Å². The van der Waals surface area contributed by atoms with Gasteiger partial charge in [-0.3, -0.25) is 19.8 Å². The van der Waals surface area contributed by atoms with Gasteiger partial charge in [-0.25, -0.2) is 0 Å². The molecule has 6 nitrogen and oxygen atoms in total. The molecule has 0 saturated carbocycles. The van der Waals surface area contributed by atoms with Gasteiger partial charge >= 0.3 is 0 Å². The van der Waals surface area contributed by atoms with Crippen molar-refractivity contribution in [1.82, 2.24) is 10.2 Å². The number of ether oxygens (including phenoxy) is 2. The predicted octanol–water partition coefficient (Wildman–Crippen LogP) is 2.50. The van der Waals surface area contributed by atoms with Crippen LogP contribution in [0, 0.1) is 0 Å². The van der Waals surface area contributed by atoms with Crippen LogP contribution < -0.4 is 14.8 Å². The van der Waals surface area contributed by atoms with Crippen molar-refractivity contribution >= 4 is 51.2 Å². The van der Waals surface area contributed by atoms with E-state index in [9.17, 15) is 9.59 Å². The largest absolute Gasteiger partial charge is 0.493 e. The molecule has 8 heteroatoms. The van der Waals surface area contributed by atoms with E-state index >= 15 is 0 Å². The molecule has 2 amide bonds. The van der Waals surface area contributed by atoms with Crippen molar-refractivity contribution in [3.8, 4) is 11.5 Å². The Labute approximate surface area is 153 Å². The number of nitrogens with one attached hydrogen (secondary N) is 1. The fourth-order valence-corrected chi connectivity index (χ4v) is 2.76. The number of nitrogens with zero attached hydrogens (tertiary/aromatic N) is 1. The molecule has 1 aromatic rings. The number of hydrogen-bond donors (Lipinski definition) is 1. The summed E-state index contributed by atoms with van der Waals surface area (Å²) in [6.45, 7) is 4.68. The Balaban J connectivity index is 2.50. The van der Waals surface area contributed by atoms with Crippen molar-refractivity contribution < 1.29 is 19.1 Å². The molecule has 0 aromatic heterocycles. The first kappa shape index (κ1) is 18.4. The Morgan fingerprint density at radius 1 is 1.21 bits per heavy atom. The molecule has 2 rings (SSSR count). The first-order chi connectivity index (χ1) is 11.4. The highest BCUT2D eigenvalue weighted by molar-refractivity contribution is 9.10. The Kier molecular flexibility index (Phi) is 5.95. The highest BCUT2D eigenvalue weighted by Crippen LogP contribution is 2.34. The van der Waals surface area contributed by atoms with Crippen molar-refractivity contribution in [3.05, 3.63) is 27.7 Å². The topological polar surface area (TPSA) is 67.9 Å². The van der Waals surface area contributed by atoms with Crippen molar-refractivity contribution in [1.29, 1.82) is 0 Å². The molecule has 0 atom stereocenters. The second-order valence-corrected chi connectivity index (χ2v) is 6.11. The fraction of sp³-hybridized carbons (Fsp3) is 0.312. The molecule has 0 aliphatic carbocycles. The van der Waals surface area contributed by atoms with Crippen LogP contribution in [-0.4, -0.2) is 42.1 Å². The third-order valence-corrected chi connectivity index (χ3v) is 4.26. The summed E-state index contributed by atoms with van der Waals surface area (Å²) in [6, 6.07) is 3.47. The second kappa shape index (κ2) is 7.76. The lowest BCUT2D eigenvalue weighted by molar-refractivity contribution is -0.128. The van der Waals surface area contributed by atoms with Gasteiger partial charge in [0.25, 0.3) is 11.8 Å². The highest BCUT2D eigenvalue weighted by atomic mass is 79.9. The summed E-state index contributed by atoms with van der Waals surface area (Å²) >= 11 is 8.36. The van der Waals surface area contributed by atoms with Gasteiger partial charge in [0.15, 0.2) is 5.11 Å². The minimum absolute atomic E-state index is 0.0110. The van der Waals surface area contributed by atoms with E-state index < -0.39 is 11.8 Å². The second-order valence-electron chi connectivity index (χ2n) is 4.87. The van der Waals surface area contributed by atoms with Gasteiger partial charge in [0, 0.05) is 18.7 Å². The van der Waals surface area contributed by atoms with E-state index in [0.29, 0.717) is 34.7 Å². The molecule has 1 saturated heterocycles. The molecule has 128 valence electrons. The smallest absolute Gasteiger partial charge is 0.265 e. The van der Waals surface area contributed by atoms with Gasteiger partial charge in [0.2, 0.25) is 0 Å². The lowest BCUT2D eigenvalue weighted by Crippen LogP contribution is -2.52. The molecule has 0 radical (unpaired) electrons. The van der Waals surface area contributed by atoms with Gasteiger partial charge in [0.1, 0.15) is 17.1 Å². The van der Waals surface area contributed by atoms with E-state index in [2.05, 4.69) is 21.2 Å². The van der Waals surface area contributed by atoms with E-state index in [4.69, 9.17) is 21.7 Å². The predicted molar refractivity (Wildman–Crippen MR) is 98.0 cm³/mol. The number of thiocarbonyl (C=S) groups is 1. The third-order valence-electron chi connectivity index (χ3n) is 3.27. The van der Waals surface area contributed by atoms with Crippen LogP contribution in [0.4, 0.5) is 0 Å². The number of halogens is 1. The highest BCUT2D eigenvalue weighted by Gasteiger charge is 2.31. The summed E-state index contributed by atoms with van der Waals surface area (Å²) in [5.41, 5.74) is 0.579. The molecule has 1 N–H and O–H groups in total. The maximum absolute atomic E-state index is 12.3. The molecule has 1 aliphatic rings. The van der Waals surface area contributed by atoms with E-state index in [0.717, 1.165) is 0 Å². The number of carbonyl (C=O) groups excluding carboxylic acids is 2. The zero-order valence-electron chi connectivity index (χ0n) is 13.5. The number of rotatable bonds is 5. The van der Waals surface area contributed by atoms with Crippen LogP contribution >= 0.6 is 28.1 Å². The molecular formula is C16H17BrN2O4S. The minimum Gasteiger partial charge on any atom is -0.493 e. The molecule has 1 aromatic carbocycles. The number of carbonyl (C=O) groups is 2. The fourth-order valence-electron chi connectivity index (χ4n) is 2.11. The summed E-state index contributed by atoms with van der Waals surface area (Å²) in [5.74, 6) is 0.153. The van der Waals surface area contributed by atoms with E-state index in [1.54, 1.807) is 12.1 Å². The Bertz CT molecular complexity index is 733. The maximum atomic E-state index is 12.3. The number of hydrogen-bond acceptors (Lipinski definition) is 5. The average Bonchev–Trinajstić information content (AvgIpc) is 2.53. The number of likely N-dealkylation sites (N-methyl/N-ethyl adjacent to an activating group) is 1. The number of amides is 2. The van der Waals surface area contributed by atoms with Gasteiger partial charge in [-0.15, -0.1) is 0 Å². The van der Waals surface area contributed by atoms with Crippen LogP contribution in [0.15, 0.2) is 22.2 Å². The Hall–Kier alpha value is -1.93. The van der Waals surface area contributed by atoms with Crippen molar-refractivity contribution in [2.45, 2.75) is 13.8 Å². The van der Waals surface area contributed by atoms with Gasteiger partial charge < -0.3 is 9.47 Å². The van der Waals surface area contributed by atoms with Crippen LogP contribution in [0.25, 0.3) is 6.08 Å². The molecule has 1 heterocycles. The van der Waals surface area contributed by atoms with E-state index in [1.807, 2.05) is 13.8 Å². The van der Waals surface area contributed by atoms with Gasteiger partial charge in [0.05, 0.1) is 17.7 Å². The van der Waals surface area contributed by atoms with Crippen molar-refractivity contribution in [2.75, 3.05) is 20.3 Å². The van der Waals surface area contributed by atoms with Gasteiger partial charge in [-0.1, -0.05) is 0 Å². The Morgan fingerprint density at radius 3 is 2.46 bits per heavy atom.